The lowest BCUT2D eigenvalue weighted by Crippen LogP contribution is -2.53. The topological polar surface area (TPSA) is 67.6 Å². The summed E-state index contributed by atoms with van der Waals surface area (Å²) in [6.07, 6.45) is 1.85. The first-order chi connectivity index (χ1) is 9.96. The molecule has 0 spiro atoms. The molecule has 6 nitrogen and oxygen atoms in total. The van der Waals surface area contributed by atoms with Crippen LogP contribution in [0, 0.1) is 17.0 Å². The number of anilines is 1. The second kappa shape index (κ2) is 6.41. The van der Waals surface area contributed by atoms with Gasteiger partial charge in [-0.1, -0.05) is 12.1 Å². The zero-order valence-electron chi connectivity index (χ0n) is 12.9. The van der Waals surface area contributed by atoms with Gasteiger partial charge in [0.2, 0.25) is 0 Å². The van der Waals surface area contributed by atoms with E-state index in [9.17, 15) is 10.1 Å². The summed E-state index contributed by atoms with van der Waals surface area (Å²) in [4.78, 5) is 13.1. The monoisotopic (exact) mass is 293 g/mol. The molecule has 1 aromatic carbocycles. The van der Waals surface area contributed by atoms with Crippen LogP contribution in [0.25, 0.3) is 0 Å². The average molecular weight is 293 g/mol. The highest BCUT2D eigenvalue weighted by Gasteiger charge is 2.35. The standard InChI is InChI=1S/C15H23N3O3/c1-12-5-4-6-13(14(12)18(19)20)16-11-15(17(2)3)7-9-21-10-8-15/h4-6,16H,7-11H2,1-3H3. The Labute approximate surface area is 125 Å². The van der Waals surface area contributed by atoms with Crippen molar-refractivity contribution in [2.24, 2.45) is 0 Å². The highest BCUT2D eigenvalue weighted by molar-refractivity contribution is 5.65. The number of para-hydroxylation sites is 1. The van der Waals surface area contributed by atoms with Crippen LogP contribution in [0.4, 0.5) is 11.4 Å². The minimum atomic E-state index is -0.315. The van der Waals surface area contributed by atoms with Crippen molar-refractivity contribution in [1.29, 1.82) is 0 Å². The Morgan fingerprint density at radius 3 is 2.62 bits per heavy atom. The van der Waals surface area contributed by atoms with E-state index in [1.54, 1.807) is 19.1 Å². The summed E-state index contributed by atoms with van der Waals surface area (Å²) >= 11 is 0. The van der Waals surface area contributed by atoms with Crippen LogP contribution in [0.2, 0.25) is 0 Å². The lowest BCUT2D eigenvalue weighted by Gasteiger charge is -2.43. The Hall–Kier alpha value is -1.66. The first kappa shape index (κ1) is 15.7. The number of hydrogen-bond donors (Lipinski definition) is 1. The fourth-order valence-corrected chi connectivity index (χ4v) is 2.84. The number of likely N-dealkylation sites (N-methyl/N-ethyl adjacent to an activating group) is 1. The van der Waals surface area contributed by atoms with Crippen LogP contribution < -0.4 is 5.32 Å². The summed E-state index contributed by atoms with van der Waals surface area (Å²) < 4.78 is 5.45. The van der Waals surface area contributed by atoms with Gasteiger partial charge in [0.1, 0.15) is 5.69 Å². The lowest BCUT2D eigenvalue weighted by atomic mass is 9.88. The maximum atomic E-state index is 11.2. The van der Waals surface area contributed by atoms with Crippen LogP contribution in [0.5, 0.6) is 0 Å². The van der Waals surface area contributed by atoms with Gasteiger partial charge >= 0.3 is 0 Å². The number of hydrogen-bond acceptors (Lipinski definition) is 5. The number of aryl methyl sites for hydroxylation is 1. The molecule has 0 unspecified atom stereocenters. The minimum Gasteiger partial charge on any atom is -0.381 e. The summed E-state index contributed by atoms with van der Waals surface area (Å²) in [6, 6.07) is 5.38. The van der Waals surface area contributed by atoms with Crippen LogP contribution in [0.1, 0.15) is 18.4 Å². The zero-order valence-corrected chi connectivity index (χ0v) is 12.9. The SMILES string of the molecule is Cc1cccc(NCC2(N(C)C)CCOCC2)c1[N+](=O)[O-]. The predicted molar refractivity (Wildman–Crippen MR) is 82.8 cm³/mol. The number of benzene rings is 1. The van der Waals surface area contributed by atoms with Gasteiger partial charge in [-0.15, -0.1) is 0 Å². The third-order valence-corrected chi connectivity index (χ3v) is 4.40. The molecule has 0 atom stereocenters. The average Bonchev–Trinajstić information content (AvgIpc) is 2.45. The molecule has 1 aliphatic rings. The second-order valence-corrected chi connectivity index (χ2v) is 5.81. The molecular weight excluding hydrogens is 270 g/mol. The smallest absolute Gasteiger partial charge is 0.295 e. The first-order valence-corrected chi connectivity index (χ1v) is 7.19. The van der Waals surface area contributed by atoms with E-state index >= 15 is 0 Å². The fourth-order valence-electron chi connectivity index (χ4n) is 2.84. The van der Waals surface area contributed by atoms with E-state index in [2.05, 4.69) is 24.3 Å². The highest BCUT2D eigenvalue weighted by atomic mass is 16.6. The summed E-state index contributed by atoms with van der Waals surface area (Å²) in [5.41, 5.74) is 1.41. The van der Waals surface area contributed by atoms with E-state index in [1.165, 1.54) is 0 Å². The zero-order chi connectivity index (χ0) is 15.5. The molecule has 2 rings (SSSR count). The number of nitrogens with one attached hydrogen (secondary N) is 1. The molecule has 1 N–H and O–H groups in total. The maximum absolute atomic E-state index is 11.2. The summed E-state index contributed by atoms with van der Waals surface area (Å²) in [5, 5.41) is 14.5. The van der Waals surface area contributed by atoms with E-state index in [0.29, 0.717) is 17.8 Å². The molecule has 21 heavy (non-hydrogen) atoms. The number of rotatable bonds is 5. The van der Waals surface area contributed by atoms with Crippen molar-refractivity contribution in [2.45, 2.75) is 25.3 Å². The first-order valence-electron chi connectivity index (χ1n) is 7.19. The quantitative estimate of drug-likeness (QED) is 0.667. The van der Waals surface area contributed by atoms with Gasteiger partial charge in [0.15, 0.2) is 0 Å². The van der Waals surface area contributed by atoms with Gasteiger partial charge in [-0.2, -0.15) is 0 Å². The van der Waals surface area contributed by atoms with E-state index in [-0.39, 0.29) is 16.1 Å². The minimum absolute atomic E-state index is 0.0180. The molecule has 1 heterocycles. The Morgan fingerprint density at radius 2 is 2.05 bits per heavy atom. The Balaban J connectivity index is 2.18. The van der Waals surface area contributed by atoms with Crippen molar-refractivity contribution in [3.8, 4) is 0 Å². The van der Waals surface area contributed by atoms with Gasteiger partial charge in [-0.05, 0) is 39.9 Å². The van der Waals surface area contributed by atoms with Crippen molar-refractivity contribution in [3.05, 3.63) is 33.9 Å². The van der Waals surface area contributed by atoms with Crippen molar-refractivity contribution in [3.63, 3.8) is 0 Å². The molecule has 1 fully saturated rings. The summed E-state index contributed by atoms with van der Waals surface area (Å²) in [5.74, 6) is 0. The Kier molecular flexibility index (Phi) is 4.80. The van der Waals surface area contributed by atoms with Crippen molar-refractivity contribution >= 4 is 11.4 Å². The molecule has 0 saturated carbocycles. The van der Waals surface area contributed by atoms with Crippen molar-refractivity contribution in [2.75, 3.05) is 39.2 Å². The molecular formula is C15H23N3O3. The maximum Gasteiger partial charge on any atom is 0.295 e. The van der Waals surface area contributed by atoms with E-state index < -0.39 is 0 Å². The Morgan fingerprint density at radius 1 is 1.38 bits per heavy atom. The van der Waals surface area contributed by atoms with Crippen LogP contribution in [-0.2, 0) is 4.74 Å². The molecule has 0 bridgehead atoms. The number of nitro groups is 1. The van der Waals surface area contributed by atoms with Gasteiger partial charge in [0.25, 0.3) is 5.69 Å². The van der Waals surface area contributed by atoms with Crippen LogP contribution in [0.3, 0.4) is 0 Å². The number of nitro benzene ring substituents is 1. The van der Waals surface area contributed by atoms with Crippen LogP contribution >= 0.6 is 0 Å². The molecule has 0 aromatic heterocycles. The molecule has 1 aromatic rings. The van der Waals surface area contributed by atoms with Gasteiger partial charge in [0, 0.05) is 30.9 Å². The summed E-state index contributed by atoms with van der Waals surface area (Å²) in [7, 11) is 4.11. The lowest BCUT2D eigenvalue weighted by molar-refractivity contribution is -0.384. The van der Waals surface area contributed by atoms with E-state index in [1.807, 2.05) is 6.07 Å². The predicted octanol–water partition coefficient (Wildman–Crippen LogP) is 2.43. The number of nitrogens with zero attached hydrogens (tertiary/aromatic N) is 2. The molecule has 0 aliphatic carbocycles. The molecule has 6 heteroatoms. The van der Waals surface area contributed by atoms with E-state index in [0.717, 1.165) is 26.1 Å². The van der Waals surface area contributed by atoms with Gasteiger partial charge in [-0.3, -0.25) is 10.1 Å². The summed E-state index contributed by atoms with van der Waals surface area (Å²) in [6.45, 7) is 3.90. The largest absolute Gasteiger partial charge is 0.381 e. The van der Waals surface area contributed by atoms with Crippen LogP contribution in [0.15, 0.2) is 18.2 Å². The Bertz CT molecular complexity index is 511. The van der Waals surface area contributed by atoms with Crippen LogP contribution in [-0.4, -0.2) is 49.2 Å². The van der Waals surface area contributed by atoms with Gasteiger partial charge in [0.05, 0.1) is 4.92 Å². The highest BCUT2D eigenvalue weighted by Crippen LogP contribution is 2.31. The van der Waals surface area contributed by atoms with E-state index in [4.69, 9.17) is 4.74 Å². The molecule has 116 valence electrons. The number of ether oxygens (including phenoxy) is 1. The molecule has 1 saturated heterocycles. The fraction of sp³-hybridized carbons (Fsp3) is 0.600. The van der Waals surface area contributed by atoms with Crippen molar-refractivity contribution in [1.82, 2.24) is 4.90 Å². The molecule has 0 amide bonds. The van der Waals surface area contributed by atoms with Gasteiger partial charge < -0.3 is 15.0 Å². The third-order valence-electron chi connectivity index (χ3n) is 4.40. The second-order valence-electron chi connectivity index (χ2n) is 5.81. The third kappa shape index (κ3) is 3.33. The molecule has 1 aliphatic heterocycles. The normalized spacial score (nSPS) is 17.7. The van der Waals surface area contributed by atoms with Crippen molar-refractivity contribution < 1.29 is 9.66 Å². The van der Waals surface area contributed by atoms with Gasteiger partial charge in [-0.25, -0.2) is 0 Å². The molecule has 0 radical (unpaired) electrons.